The topological polar surface area (TPSA) is 55.2 Å². The summed E-state index contributed by atoms with van der Waals surface area (Å²) in [6.45, 7) is 0.545. The molecule has 0 unspecified atom stereocenters. The van der Waals surface area contributed by atoms with Crippen molar-refractivity contribution >= 4 is 18.4 Å². The molecule has 0 saturated heterocycles. The lowest BCUT2D eigenvalue weighted by Crippen LogP contribution is -2.01. The summed E-state index contributed by atoms with van der Waals surface area (Å²) in [5, 5.41) is 11.7. The number of hydrogen-bond acceptors (Lipinski definition) is 4. The van der Waals surface area contributed by atoms with Gasteiger partial charge in [-0.25, -0.2) is 0 Å². The molecule has 0 amide bonds. The SMILES string of the molecule is S=c1[nH]nc(CCc2ccccc2)n1/N=C\c1ccc(OCc2ccccc2)cc1. The molecule has 1 N–H and O–H groups in total. The van der Waals surface area contributed by atoms with Gasteiger partial charge in [0.1, 0.15) is 12.4 Å². The van der Waals surface area contributed by atoms with Crippen molar-refractivity contribution in [3.05, 3.63) is 112 Å². The van der Waals surface area contributed by atoms with Crippen molar-refractivity contribution in [3.63, 3.8) is 0 Å². The van der Waals surface area contributed by atoms with Gasteiger partial charge in [0, 0.05) is 6.42 Å². The zero-order valence-electron chi connectivity index (χ0n) is 16.4. The minimum atomic E-state index is 0.483. The number of nitrogens with one attached hydrogen (secondary N) is 1. The number of H-pyrrole nitrogens is 1. The fourth-order valence-electron chi connectivity index (χ4n) is 3.02. The van der Waals surface area contributed by atoms with E-state index in [1.807, 2.05) is 72.8 Å². The molecular weight excluding hydrogens is 392 g/mol. The number of rotatable bonds is 8. The number of benzene rings is 3. The van der Waals surface area contributed by atoms with Gasteiger partial charge in [-0.2, -0.15) is 14.9 Å². The average Bonchev–Trinajstić information content (AvgIpc) is 3.16. The maximum absolute atomic E-state index is 5.83. The number of aromatic amines is 1. The summed E-state index contributed by atoms with van der Waals surface area (Å²) < 4.78 is 7.99. The van der Waals surface area contributed by atoms with Crippen molar-refractivity contribution in [2.45, 2.75) is 19.4 Å². The molecule has 1 aromatic heterocycles. The Bertz CT molecular complexity index is 1150. The molecule has 0 atom stereocenters. The average molecular weight is 415 g/mol. The van der Waals surface area contributed by atoms with Crippen molar-refractivity contribution in [2.75, 3.05) is 0 Å². The van der Waals surface area contributed by atoms with Crippen LogP contribution in [-0.2, 0) is 19.4 Å². The zero-order valence-corrected chi connectivity index (χ0v) is 17.3. The number of nitrogens with zero attached hydrogens (tertiary/aromatic N) is 3. The molecule has 6 heteroatoms. The van der Waals surface area contributed by atoms with Gasteiger partial charge in [-0.1, -0.05) is 60.7 Å². The van der Waals surface area contributed by atoms with Crippen molar-refractivity contribution in [3.8, 4) is 5.75 Å². The highest BCUT2D eigenvalue weighted by atomic mass is 32.1. The lowest BCUT2D eigenvalue weighted by atomic mass is 10.1. The van der Waals surface area contributed by atoms with E-state index in [0.29, 0.717) is 11.4 Å². The van der Waals surface area contributed by atoms with Gasteiger partial charge < -0.3 is 4.74 Å². The van der Waals surface area contributed by atoms with Gasteiger partial charge in [-0.15, -0.1) is 0 Å². The molecule has 5 nitrogen and oxygen atoms in total. The molecule has 4 rings (SSSR count). The minimum Gasteiger partial charge on any atom is -0.489 e. The lowest BCUT2D eigenvalue weighted by Gasteiger charge is -2.06. The third-order valence-corrected chi connectivity index (χ3v) is 4.91. The summed E-state index contributed by atoms with van der Waals surface area (Å²) in [5.41, 5.74) is 3.35. The largest absolute Gasteiger partial charge is 0.489 e. The Morgan fingerprint density at radius 3 is 2.23 bits per heavy atom. The van der Waals surface area contributed by atoms with Crippen molar-refractivity contribution < 1.29 is 4.74 Å². The Kier molecular flexibility index (Phi) is 6.47. The molecule has 0 aliphatic rings. The third kappa shape index (κ3) is 5.30. The highest BCUT2D eigenvalue weighted by Gasteiger charge is 2.05. The number of aryl methyl sites for hydroxylation is 2. The summed E-state index contributed by atoms with van der Waals surface area (Å²) in [7, 11) is 0. The fourth-order valence-corrected chi connectivity index (χ4v) is 3.22. The highest BCUT2D eigenvalue weighted by Crippen LogP contribution is 2.14. The van der Waals surface area contributed by atoms with Crippen LogP contribution in [0, 0.1) is 4.77 Å². The van der Waals surface area contributed by atoms with Gasteiger partial charge in [0.15, 0.2) is 5.82 Å². The maximum atomic E-state index is 5.83. The van der Waals surface area contributed by atoms with Crippen molar-refractivity contribution in [1.82, 2.24) is 14.9 Å². The predicted molar refractivity (Wildman–Crippen MR) is 121 cm³/mol. The fraction of sp³-hybridized carbons (Fsp3) is 0.125. The van der Waals surface area contributed by atoms with Crippen LogP contribution in [0.5, 0.6) is 5.75 Å². The molecule has 3 aromatic carbocycles. The molecule has 1 heterocycles. The van der Waals surface area contributed by atoms with Gasteiger partial charge >= 0.3 is 0 Å². The molecule has 0 fully saturated rings. The van der Waals surface area contributed by atoms with Crippen molar-refractivity contribution in [2.24, 2.45) is 5.10 Å². The highest BCUT2D eigenvalue weighted by molar-refractivity contribution is 7.71. The van der Waals surface area contributed by atoms with Gasteiger partial charge in [0.2, 0.25) is 4.77 Å². The standard InChI is InChI=1S/C24H22N4OS/c30-24-27-26-23(16-13-19-7-3-1-4-8-19)28(24)25-17-20-11-14-22(15-12-20)29-18-21-9-5-2-6-10-21/h1-12,14-15,17H,13,16,18H2,(H,27,30)/b25-17-. The van der Waals surface area contributed by atoms with E-state index in [4.69, 9.17) is 17.0 Å². The Labute approximate surface area is 180 Å². The maximum Gasteiger partial charge on any atom is 0.216 e. The van der Waals surface area contributed by atoms with Gasteiger partial charge in [-0.05, 0) is 59.6 Å². The second-order valence-electron chi connectivity index (χ2n) is 6.83. The Morgan fingerprint density at radius 2 is 1.53 bits per heavy atom. The summed E-state index contributed by atoms with van der Waals surface area (Å²) in [6, 6.07) is 28.2. The van der Waals surface area contributed by atoms with E-state index in [1.54, 1.807) is 10.9 Å². The zero-order chi connectivity index (χ0) is 20.6. The number of aromatic nitrogens is 3. The van der Waals surface area contributed by atoms with Crippen LogP contribution in [0.1, 0.15) is 22.5 Å². The summed E-state index contributed by atoms with van der Waals surface area (Å²) >= 11 is 5.33. The van der Waals surface area contributed by atoms with Gasteiger partial charge in [0.25, 0.3) is 0 Å². The van der Waals surface area contributed by atoms with E-state index in [2.05, 4.69) is 27.4 Å². The van der Waals surface area contributed by atoms with Gasteiger partial charge in [-0.3, -0.25) is 5.10 Å². The lowest BCUT2D eigenvalue weighted by molar-refractivity contribution is 0.306. The quantitative estimate of drug-likeness (QED) is 0.319. The van der Waals surface area contributed by atoms with E-state index in [-0.39, 0.29) is 0 Å². The minimum absolute atomic E-state index is 0.483. The summed E-state index contributed by atoms with van der Waals surface area (Å²) in [4.78, 5) is 0. The molecule has 0 saturated carbocycles. The second kappa shape index (κ2) is 9.80. The normalized spacial score (nSPS) is 11.1. The Hall–Kier alpha value is -3.51. The summed E-state index contributed by atoms with van der Waals surface area (Å²) in [5.74, 6) is 1.63. The molecule has 0 spiro atoms. The molecule has 0 bridgehead atoms. The molecule has 30 heavy (non-hydrogen) atoms. The molecule has 0 aliphatic carbocycles. The van der Waals surface area contributed by atoms with Crippen LogP contribution in [0.15, 0.2) is 90.0 Å². The molecular formula is C24H22N4OS. The van der Waals surface area contributed by atoms with Crippen LogP contribution in [0.3, 0.4) is 0 Å². The van der Waals surface area contributed by atoms with Crippen LogP contribution < -0.4 is 4.74 Å². The van der Waals surface area contributed by atoms with E-state index >= 15 is 0 Å². The molecule has 0 radical (unpaired) electrons. The predicted octanol–water partition coefficient (Wildman–Crippen LogP) is 5.19. The first-order valence-corrected chi connectivity index (χ1v) is 10.2. The number of hydrogen-bond donors (Lipinski definition) is 1. The van der Waals surface area contributed by atoms with E-state index in [1.165, 1.54) is 5.56 Å². The first-order chi connectivity index (χ1) is 14.8. The van der Waals surface area contributed by atoms with Crippen LogP contribution in [0.2, 0.25) is 0 Å². The van der Waals surface area contributed by atoms with Crippen molar-refractivity contribution in [1.29, 1.82) is 0 Å². The third-order valence-electron chi connectivity index (χ3n) is 4.65. The van der Waals surface area contributed by atoms with E-state index in [0.717, 1.165) is 35.5 Å². The smallest absolute Gasteiger partial charge is 0.216 e. The molecule has 0 aliphatic heterocycles. The molecule has 4 aromatic rings. The second-order valence-corrected chi connectivity index (χ2v) is 7.22. The first-order valence-electron chi connectivity index (χ1n) is 9.79. The Morgan fingerprint density at radius 1 is 0.867 bits per heavy atom. The van der Waals surface area contributed by atoms with Crippen LogP contribution in [0.4, 0.5) is 0 Å². The number of ether oxygens (including phenoxy) is 1. The Balaban J connectivity index is 1.39. The van der Waals surface area contributed by atoms with Crippen LogP contribution in [0.25, 0.3) is 0 Å². The van der Waals surface area contributed by atoms with Gasteiger partial charge in [0.05, 0.1) is 6.21 Å². The molecule has 150 valence electrons. The van der Waals surface area contributed by atoms with E-state index in [9.17, 15) is 0 Å². The van der Waals surface area contributed by atoms with Crippen LogP contribution in [-0.4, -0.2) is 21.1 Å². The monoisotopic (exact) mass is 414 g/mol. The van der Waals surface area contributed by atoms with Crippen LogP contribution >= 0.6 is 12.2 Å². The first kappa shape index (κ1) is 19.8. The summed E-state index contributed by atoms with van der Waals surface area (Å²) in [6.07, 6.45) is 3.41. The van der Waals surface area contributed by atoms with E-state index < -0.39 is 0 Å².